The molecular weight excluding hydrogens is 260 g/mol. The van der Waals surface area contributed by atoms with Crippen molar-refractivity contribution in [1.29, 1.82) is 0 Å². The molecule has 1 saturated heterocycles. The Bertz CT molecular complexity index is 436. The molecule has 2 aliphatic rings. The zero-order valence-electron chi connectivity index (χ0n) is 13.3. The van der Waals surface area contributed by atoms with Gasteiger partial charge in [-0.15, -0.1) is 0 Å². The Hall–Kier alpha value is -0.900. The van der Waals surface area contributed by atoms with Crippen LogP contribution in [0.5, 0.6) is 0 Å². The first-order valence-electron chi connectivity index (χ1n) is 8.38. The van der Waals surface area contributed by atoms with E-state index in [1.807, 2.05) is 30.3 Å². The monoisotopic (exact) mass is 288 g/mol. The second-order valence-corrected chi connectivity index (χ2v) is 6.89. The molecule has 21 heavy (non-hydrogen) atoms. The van der Waals surface area contributed by atoms with Crippen LogP contribution in [0.15, 0.2) is 30.3 Å². The minimum absolute atomic E-state index is 0.216. The lowest BCUT2D eigenvalue weighted by molar-refractivity contribution is -0.00496. The minimum atomic E-state index is -0.390. The minimum Gasteiger partial charge on any atom is -0.387 e. The van der Waals surface area contributed by atoms with Gasteiger partial charge >= 0.3 is 0 Å². The van der Waals surface area contributed by atoms with Crippen LogP contribution in [-0.4, -0.2) is 53.2 Å². The number of aliphatic hydroxyl groups excluding tert-OH is 1. The first-order chi connectivity index (χ1) is 10.2. The second-order valence-electron chi connectivity index (χ2n) is 6.89. The molecule has 3 rings (SSSR count). The van der Waals surface area contributed by atoms with E-state index in [4.69, 9.17) is 0 Å². The van der Waals surface area contributed by atoms with E-state index in [1.165, 1.54) is 12.8 Å². The van der Waals surface area contributed by atoms with E-state index in [0.29, 0.717) is 5.92 Å². The number of hydrogen-bond donors (Lipinski definition) is 1. The molecular formula is C18H28N2O. The van der Waals surface area contributed by atoms with Gasteiger partial charge < -0.3 is 5.11 Å². The molecule has 1 aliphatic carbocycles. The van der Waals surface area contributed by atoms with Crippen LogP contribution >= 0.6 is 0 Å². The molecule has 1 heterocycles. The number of hydrogen-bond acceptors (Lipinski definition) is 3. The molecule has 3 nitrogen and oxygen atoms in total. The molecule has 116 valence electrons. The summed E-state index contributed by atoms with van der Waals surface area (Å²) in [6.45, 7) is 8.95. The Balaban J connectivity index is 1.67. The molecule has 0 amide bonds. The average Bonchev–Trinajstić information content (AvgIpc) is 3.33. The summed E-state index contributed by atoms with van der Waals surface area (Å²) < 4.78 is 0. The Morgan fingerprint density at radius 3 is 2.14 bits per heavy atom. The first kappa shape index (κ1) is 15.0. The van der Waals surface area contributed by atoms with E-state index < -0.39 is 6.10 Å². The van der Waals surface area contributed by atoms with Crippen molar-refractivity contribution >= 4 is 0 Å². The fourth-order valence-corrected chi connectivity index (χ4v) is 3.67. The summed E-state index contributed by atoms with van der Waals surface area (Å²) in [5.41, 5.74) is 1.04. The number of rotatable bonds is 5. The van der Waals surface area contributed by atoms with Gasteiger partial charge in [0.15, 0.2) is 0 Å². The number of aliphatic hydroxyl groups is 1. The van der Waals surface area contributed by atoms with Crippen LogP contribution in [0.2, 0.25) is 0 Å². The first-order valence-corrected chi connectivity index (χ1v) is 8.38. The van der Waals surface area contributed by atoms with Crippen molar-refractivity contribution in [1.82, 2.24) is 9.80 Å². The lowest BCUT2D eigenvalue weighted by Gasteiger charge is -2.43. The molecule has 1 saturated carbocycles. The molecule has 0 spiro atoms. The molecule has 0 bridgehead atoms. The van der Waals surface area contributed by atoms with Crippen molar-refractivity contribution in [3.05, 3.63) is 35.9 Å². The quantitative estimate of drug-likeness (QED) is 0.902. The molecule has 0 aromatic heterocycles. The van der Waals surface area contributed by atoms with Gasteiger partial charge in [0.1, 0.15) is 0 Å². The normalized spacial score (nSPS) is 24.2. The van der Waals surface area contributed by atoms with Crippen LogP contribution in [0.3, 0.4) is 0 Å². The average molecular weight is 288 g/mol. The van der Waals surface area contributed by atoms with Gasteiger partial charge in [-0.25, -0.2) is 0 Å². The van der Waals surface area contributed by atoms with Crippen LogP contribution in [0.1, 0.15) is 38.4 Å². The van der Waals surface area contributed by atoms with Crippen LogP contribution in [0, 0.1) is 5.92 Å². The molecule has 2 fully saturated rings. The van der Waals surface area contributed by atoms with Gasteiger partial charge in [0, 0.05) is 38.3 Å². The van der Waals surface area contributed by atoms with Crippen molar-refractivity contribution in [2.45, 2.75) is 44.9 Å². The molecule has 1 N–H and O–H groups in total. The van der Waals surface area contributed by atoms with Gasteiger partial charge in [0.05, 0.1) is 6.10 Å². The van der Waals surface area contributed by atoms with Crippen molar-refractivity contribution in [3.63, 3.8) is 0 Å². The predicted molar refractivity (Wildman–Crippen MR) is 86.2 cm³/mol. The smallest absolute Gasteiger partial charge is 0.0947 e. The van der Waals surface area contributed by atoms with E-state index in [0.717, 1.165) is 37.8 Å². The summed E-state index contributed by atoms with van der Waals surface area (Å²) in [4.78, 5) is 5.13. The Labute approximate surface area is 128 Å². The van der Waals surface area contributed by atoms with E-state index in [-0.39, 0.29) is 6.04 Å². The van der Waals surface area contributed by atoms with E-state index in [9.17, 15) is 5.11 Å². The van der Waals surface area contributed by atoms with Crippen molar-refractivity contribution in [3.8, 4) is 0 Å². The molecule has 2 unspecified atom stereocenters. The Kier molecular flexibility index (Phi) is 4.63. The summed E-state index contributed by atoms with van der Waals surface area (Å²) in [5, 5.41) is 10.8. The molecule has 3 heteroatoms. The summed E-state index contributed by atoms with van der Waals surface area (Å²) in [7, 11) is 0. The van der Waals surface area contributed by atoms with Gasteiger partial charge in [-0.3, -0.25) is 9.80 Å². The fraction of sp³-hybridized carbons (Fsp3) is 0.667. The largest absolute Gasteiger partial charge is 0.387 e. The maximum absolute atomic E-state index is 10.8. The van der Waals surface area contributed by atoms with E-state index >= 15 is 0 Å². The number of nitrogens with zero attached hydrogens (tertiary/aromatic N) is 2. The molecule has 2 atom stereocenters. The zero-order valence-corrected chi connectivity index (χ0v) is 13.3. The molecule has 1 aromatic carbocycles. The van der Waals surface area contributed by atoms with Crippen LogP contribution < -0.4 is 0 Å². The highest BCUT2D eigenvalue weighted by Crippen LogP contribution is 2.31. The molecule has 1 aliphatic heterocycles. The predicted octanol–water partition coefficient (Wildman–Crippen LogP) is 2.52. The molecule has 1 aromatic rings. The van der Waals surface area contributed by atoms with Gasteiger partial charge in [0.25, 0.3) is 0 Å². The van der Waals surface area contributed by atoms with Crippen molar-refractivity contribution in [2.75, 3.05) is 26.2 Å². The Morgan fingerprint density at radius 1 is 1.00 bits per heavy atom. The van der Waals surface area contributed by atoms with Crippen molar-refractivity contribution in [2.24, 2.45) is 5.92 Å². The summed E-state index contributed by atoms with van der Waals surface area (Å²) in [5.74, 6) is 0.452. The van der Waals surface area contributed by atoms with E-state index in [2.05, 4.69) is 23.6 Å². The van der Waals surface area contributed by atoms with Crippen LogP contribution in [0.4, 0.5) is 0 Å². The number of piperazine rings is 1. The van der Waals surface area contributed by atoms with Gasteiger partial charge in [-0.2, -0.15) is 0 Å². The topological polar surface area (TPSA) is 26.7 Å². The summed E-state index contributed by atoms with van der Waals surface area (Å²) in [6.07, 6.45) is 2.39. The third kappa shape index (κ3) is 3.47. The fourth-order valence-electron chi connectivity index (χ4n) is 3.67. The van der Waals surface area contributed by atoms with Crippen molar-refractivity contribution < 1.29 is 5.11 Å². The zero-order chi connectivity index (χ0) is 14.8. The summed E-state index contributed by atoms with van der Waals surface area (Å²) in [6, 6.07) is 11.2. The molecule has 0 radical (unpaired) electrons. The van der Waals surface area contributed by atoms with Gasteiger partial charge in [-0.1, -0.05) is 44.2 Å². The summed E-state index contributed by atoms with van der Waals surface area (Å²) >= 11 is 0. The SMILES string of the molecule is CC(C)C(C(O)c1ccccc1)N1CCN(C2CC2)CC1. The highest BCUT2D eigenvalue weighted by molar-refractivity contribution is 5.19. The van der Waals surface area contributed by atoms with Gasteiger partial charge in [-0.05, 0) is 24.3 Å². The maximum atomic E-state index is 10.8. The van der Waals surface area contributed by atoms with Gasteiger partial charge in [0.2, 0.25) is 0 Å². The highest BCUT2D eigenvalue weighted by atomic mass is 16.3. The lowest BCUT2D eigenvalue weighted by atomic mass is 9.91. The maximum Gasteiger partial charge on any atom is 0.0947 e. The lowest BCUT2D eigenvalue weighted by Crippen LogP contribution is -2.54. The third-order valence-electron chi connectivity index (χ3n) is 4.98. The van der Waals surface area contributed by atoms with Crippen LogP contribution in [0.25, 0.3) is 0 Å². The second kappa shape index (κ2) is 6.47. The third-order valence-corrected chi connectivity index (χ3v) is 4.98. The highest BCUT2D eigenvalue weighted by Gasteiger charge is 2.35. The number of benzene rings is 1. The van der Waals surface area contributed by atoms with E-state index in [1.54, 1.807) is 0 Å². The van der Waals surface area contributed by atoms with Crippen LogP contribution in [-0.2, 0) is 0 Å². The Morgan fingerprint density at radius 2 is 1.62 bits per heavy atom. The standard InChI is InChI=1S/C18H28N2O/c1-14(2)17(18(21)15-6-4-3-5-7-15)20-12-10-19(11-13-20)16-8-9-16/h3-7,14,16-18,21H,8-13H2,1-2H3.